The van der Waals surface area contributed by atoms with Crippen LogP contribution in [0.4, 0.5) is 8.78 Å². The summed E-state index contributed by atoms with van der Waals surface area (Å²) >= 11 is 0. The van der Waals surface area contributed by atoms with Gasteiger partial charge in [0.25, 0.3) is 0 Å². The van der Waals surface area contributed by atoms with Gasteiger partial charge in [-0.05, 0) is 37.6 Å². The van der Waals surface area contributed by atoms with Gasteiger partial charge in [-0.1, -0.05) is 35.4 Å². The fourth-order valence-electron chi connectivity index (χ4n) is 2.91. The standard InChI is InChI=1S/C19H16F2N2O2S/c1-11-6-12(2)8-13(7-11)14-4-3-5-23-19(14)15-9-17(21)18(10-16(15)20)26(22,24)25/h3-10H,1-2H3,(H2,22,24,25). The first-order valence-electron chi connectivity index (χ1n) is 7.73. The maximum Gasteiger partial charge on any atom is 0.241 e. The second-order valence-corrected chi connectivity index (χ2v) is 7.61. The third kappa shape index (κ3) is 3.49. The molecule has 0 saturated heterocycles. The predicted octanol–water partition coefficient (Wildman–Crippen LogP) is 3.96. The van der Waals surface area contributed by atoms with E-state index in [0.717, 1.165) is 22.8 Å². The van der Waals surface area contributed by atoms with Gasteiger partial charge in [-0.3, -0.25) is 4.98 Å². The number of nitrogens with zero attached hydrogens (tertiary/aromatic N) is 1. The van der Waals surface area contributed by atoms with Crippen LogP contribution in [0.2, 0.25) is 0 Å². The van der Waals surface area contributed by atoms with Crippen LogP contribution in [0, 0.1) is 25.5 Å². The molecular weight excluding hydrogens is 358 g/mol. The zero-order valence-electron chi connectivity index (χ0n) is 14.1. The van der Waals surface area contributed by atoms with E-state index in [-0.39, 0.29) is 11.3 Å². The molecule has 3 rings (SSSR count). The van der Waals surface area contributed by atoms with Gasteiger partial charge < -0.3 is 0 Å². The summed E-state index contributed by atoms with van der Waals surface area (Å²) in [4.78, 5) is 3.30. The number of pyridine rings is 1. The smallest absolute Gasteiger partial charge is 0.241 e. The Labute approximate surface area is 150 Å². The Morgan fingerprint density at radius 1 is 0.923 bits per heavy atom. The van der Waals surface area contributed by atoms with Crippen LogP contribution in [-0.2, 0) is 10.0 Å². The van der Waals surface area contributed by atoms with Gasteiger partial charge in [0.05, 0.1) is 5.69 Å². The fraction of sp³-hybridized carbons (Fsp3) is 0.105. The second-order valence-electron chi connectivity index (χ2n) is 6.08. The Morgan fingerprint density at radius 3 is 2.19 bits per heavy atom. The molecule has 0 saturated carbocycles. The van der Waals surface area contributed by atoms with Crippen molar-refractivity contribution in [2.24, 2.45) is 5.14 Å². The van der Waals surface area contributed by atoms with Gasteiger partial charge in [0.1, 0.15) is 16.5 Å². The zero-order chi connectivity index (χ0) is 19.1. The van der Waals surface area contributed by atoms with E-state index in [9.17, 15) is 17.2 Å². The van der Waals surface area contributed by atoms with Gasteiger partial charge in [0, 0.05) is 17.3 Å². The van der Waals surface area contributed by atoms with E-state index in [0.29, 0.717) is 11.6 Å². The van der Waals surface area contributed by atoms with E-state index in [2.05, 4.69) is 4.98 Å². The van der Waals surface area contributed by atoms with Crippen LogP contribution in [-0.4, -0.2) is 13.4 Å². The lowest BCUT2D eigenvalue weighted by Crippen LogP contribution is -2.14. The molecule has 134 valence electrons. The van der Waals surface area contributed by atoms with Crippen molar-refractivity contribution in [3.8, 4) is 22.4 Å². The highest BCUT2D eigenvalue weighted by atomic mass is 32.2. The highest BCUT2D eigenvalue weighted by molar-refractivity contribution is 7.89. The average molecular weight is 374 g/mol. The Morgan fingerprint density at radius 2 is 1.58 bits per heavy atom. The first-order valence-corrected chi connectivity index (χ1v) is 9.27. The molecule has 1 aromatic heterocycles. The molecule has 0 aliphatic heterocycles. The number of sulfonamides is 1. The molecule has 0 atom stereocenters. The van der Waals surface area contributed by atoms with E-state index in [1.807, 2.05) is 32.0 Å². The van der Waals surface area contributed by atoms with Crippen LogP contribution in [0.3, 0.4) is 0 Å². The molecule has 0 bridgehead atoms. The number of nitrogens with two attached hydrogens (primary N) is 1. The van der Waals surface area contributed by atoms with E-state index >= 15 is 0 Å². The molecule has 0 unspecified atom stereocenters. The Hall–Kier alpha value is -2.64. The van der Waals surface area contributed by atoms with Crippen molar-refractivity contribution >= 4 is 10.0 Å². The van der Waals surface area contributed by atoms with Crippen LogP contribution >= 0.6 is 0 Å². The van der Waals surface area contributed by atoms with Crippen molar-refractivity contribution < 1.29 is 17.2 Å². The maximum absolute atomic E-state index is 14.6. The molecule has 3 aromatic rings. The third-order valence-electron chi connectivity index (χ3n) is 3.92. The number of rotatable bonds is 3. The lowest BCUT2D eigenvalue weighted by molar-refractivity contribution is 0.555. The highest BCUT2D eigenvalue weighted by Gasteiger charge is 2.21. The molecule has 0 spiro atoms. The first-order chi connectivity index (χ1) is 12.2. The predicted molar refractivity (Wildman–Crippen MR) is 95.9 cm³/mol. The second kappa shape index (κ2) is 6.59. The lowest BCUT2D eigenvalue weighted by atomic mass is 9.96. The first kappa shape index (κ1) is 18.2. The van der Waals surface area contributed by atoms with E-state index in [1.54, 1.807) is 12.1 Å². The van der Waals surface area contributed by atoms with E-state index < -0.39 is 26.6 Å². The molecule has 0 aliphatic rings. The number of hydrogen-bond donors (Lipinski definition) is 1. The number of benzene rings is 2. The zero-order valence-corrected chi connectivity index (χ0v) is 14.9. The third-order valence-corrected chi connectivity index (χ3v) is 4.85. The summed E-state index contributed by atoms with van der Waals surface area (Å²) in [6.07, 6.45) is 1.46. The summed E-state index contributed by atoms with van der Waals surface area (Å²) in [6.45, 7) is 3.88. The summed E-state index contributed by atoms with van der Waals surface area (Å²) in [6, 6.07) is 10.7. The molecular formula is C19H16F2N2O2S. The molecule has 26 heavy (non-hydrogen) atoms. The van der Waals surface area contributed by atoms with Gasteiger partial charge in [0.15, 0.2) is 0 Å². The number of aromatic nitrogens is 1. The van der Waals surface area contributed by atoms with Crippen LogP contribution < -0.4 is 5.14 Å². The van der Waals surface area contributed by atoms with Gasteiger partial charge in [-0.2, -0.15) is 0 Å². The van der Waals surface area contributed by atoms with Crippen LogP contribution in [0.5, 0.6) is 0 Å². The molecule has 7 heteroatoms. The minimum Gasteiger partial charge on any atom is -0.255 e. The summed E-state index contributed by atoms with van der Waals surface area (Å²) in [7, 11) is -4.36. The topological polar surface area (TPSA) is 73.0 Å². The van der Waals surface area contributed by atoms with Crippen molar-refractivity contribution in [1.29, 1.82) is 0 Å². The minimum atomic E-state index is -4.36. The van der Waals surface area contributed by atoms with Crippen molar-refractivity contribution in [2.75, 3.05) is 0 Å². The normalized spacial score (nSPS) is 11.6. The summed E-state index contributed by atoms with van der Waals surface area (Å²) < 4.78 is 51.5. The molecule has 0 fully saturated rings. The average Bonchev–Trinajstić information content (AvgIpc) is 2.55. The van der Waals surface area contributed by atoms with Crippen molar-refractivity contribution in [2.45, 2.75) is 18.7 Å². The van der Waals surface area contributed by atoms with E-state index in [4.69, 9.17) is 5.14 Å². The largest absolute Gasteiger partial charge is 0.255 e. The summed E-state index contributed by atoms with van der Waals surface area (Å²) in [5.74, 6) is -2.04. The van der Waals surface area contributed by atoms with Crippen molar-refractivity contribution in [3.63, 3.8) is 0 Å². The number of hydrogen-bond acceptors (Lipinski definition) is 3. The molecule has 0 radical (unpaired) electrons. The van der Waals surface area contributed by atoms with Gasteiger partial charge >= 0.3 is 0 Å². The Kier molecular flexibility index (Phi) is 4.60. The van der Waals surface area contributed by atoms with Crippen LogP contribution in [0.15, 0.2) is 53.6 Å². The fourth-order valence-corrected chi connectivity index (χ4v) is 3.51. The number of halogens is 2. The monoisotopic (exact) mass is 374 g/mol. The highest BCUT2D eigenvalue weighted by Crippen LogP contribution is 2.34. The molecule has 0 aliphatic carbocycles. The van der Waals surface area contributed by atoms with Crippen molar-refractivity contribution in [3.05, 3.63) is 71.4 Å². The van der Waals surface area contributed by atoms with Crippen molar-refractivity contribution in [1.82, 2.24) is 4.98 Å². The van der Waals surface area contributed by atoms with Gasteiger partial charge in [-0.15, -0.1) is 0 Å². The Bertz CT molecular complexity index is 1090. The molecule has 2 aromatic carbocycles. The minimum absolute atomic E-state index is 0.135. The summed E-state index contributed by atoms with van der Waals surface area (Å²) in [5, 5.41) is 4.92. The van der Waals surface area contributed by atoms with Gasteiger partial charge in [0.2, 0.25) is 10.0 Å². The SMILES string of the molecule is Cc1cc(C)cc(-c2cccnc2-c2cc(F)c(S(N)(=O)=O)cc2F)c1. The molecule has 4 nitrogen and oxygen atoms in total. The van der Waals surface area contributed by atoms with Gasteiger partial charge in [-0.25, -0.2) is 22.3 Å². The molecule has 2 N–H and O–H groups in total. The molecule has 0 amide bonds. The maximum atomic E-state index is 14.6. The Balaban J connectivity index is 2.25. The quantitative estimate of drug-likeness (QED) is 0.754. The number of aryl methyl sites for hydroxylation is 2. The van der Waals surface area contributed by atoms with E-state index in [1.165, 1.54) is 6.20 Å². The summed E-state index contributed by atoms with van der Waals surface area (Å²) in [5.41, 5.74) is 3.54. The number of primary sulfonamides is 1. The van der Waals surface area contributed by atoms with Crippen LogP contribution in [0.1, 0.15) is 11.1 Å². The molecule has 1 heterocycles. The lowest BCUT2D eigenvalue weighted by Gasteiger charge is -2.12. The van der Waals surface area contributed by atoms with Crippen LogP contribution in [0.25, 0.3) is 22.4 Å².